The van der Waals surface area contributed by atoms with Gasteiger partial charge in [-0.3, -0.25) is 4.79 Å². The highest BCUT2D eigenvalue weighted by molar-refractivity contribution is 5.77. The highest BCUT2D eigenvalue weighted by atomic mass is 16.5. The molecule has 0 bridgehead atoms. The summed E-state index contributed by atoms with van der Waals surface area (Å²) < 4.78 is 6.88. The summed E-state index contributed by atoms with van der Waals surface area (Å²) in [5, 5.41) is 0. The van der Waals surface area contributed by atoms with Gasteiger partial charge >= 0.3 is 5.97 Å². The zero-order valence-electron chi connectivity index (χ0n) is 11.3. The third-order valence-corrected chi connectivity index (χ3v) is 2.95. The monoisotopic (exact) mass is 238 g/mol. The predicted octanol–water partition coefficient (Wildman–Crippen LogP) is 1.93. The lowest BCUT2D eigenvalue weighted by Crippen LogP contribution is -2.23. The normalized spacial score (nSPS) is 12.9. The highest BCUT2D eigenvalue weighted by Gasteiger charge is 2.21. The van der Waals surface area contributed by atoms with E-state index in [0.717, 1.165) is 23.5 Å². The summed E-state index contributed by atoms with van der Waals surface area (Å²) >= 11 is 0. The molecular weight excluding hydrogens is 216 g/mol. The van der Waals surface area contributed by atoms with Crippen molar-refractivity contribution in [1.29, 1.82) is 0 Å². The first kappa shape index (κ1) is 13.8. The molecule has 96 valence electrons. The Hall–Kier alpha value is -1.29. The second kappa shape index (κ2) is 5.36. The summed E-state index contributed by atoms with van der Waals surface area (Å²) in [6.45, 7) is 9.29. The number of methoxy groups -OCH3 is 1. The van der Waals surface area contributed by atoms with Crippen molar-refractivity contribution in [2.75, 3.05) is 7.11 Å². The van der Waals surface area contributed by atoms with Gasteiger partial charge in [0, 0.05) is 23.5 Å². The van der Waals surface area contributed by atoms with Crippen molar-refractivity contribution >= 4 is 5.97 Å². The molecule has 17 heavy (non-hydrogen) atoms. The van der Waals surface area contributed by atoms with Crippen LogP contribution in [0.25, 0.3) is 0 Å². The summed E-state index contributed by atoms with van der Waals surface area (Å²) in [5.74, 6) is 0.164. The van der Waals surface area contributed by atoms with Crippen LogP contribution >= 0.6 is 0 Å². The maximum Gasteiger partial charge on any atom is 0.327 e. The zero-order valence-corrected chi connectivity index (χ0v) is 11.3. The highest BCUT2D eigenvalue weighted by Crippen LogP contribution is 2.22. The molecule has 0 aliphatic heterocycles. The lowest BCUT2D eigenvalue weighted by Gasteiger charge is -2.14. The van der Waals surface area contributed by atoms with Gasteiger partial charge in [-0.2, -0.15) is 0 Å². The number of nitrogens with zero attached hydrogens (tertiary/aromatic N) is 1. The number of esters is 1. The Bertz CT molecular complexity index is 408. The molecule has 1 heterocycles. The largest absolute Gasteiger partial charge is 0.468 e. The fraction of sp³-hybridized carbons (Fsp3) is 0.615. The molecule has 0 fully saturated rings. The van der Waals surface area contributed by atoms with Gasteiger partial charge in [0.05, 0.1) is 7.11 Å². The Morgan fingerprint density at radius 2 is 2.06 bits per heavy atom. The standard InChI is InChI=1S/C13H22N2O2/c1-8(2)7-15-9(3)6-11(10(15)4)12(14)13(16)17-5/h6,8,12H,7,14H2,1-5H3. The fourth-order valence-corrected chi connectivity index (χ4v) is 2.04. The van der Waals surface area contributed by atoms with E-state index in [1.807, 2.05) is 19.9 Å². The summed E-state index contributed by atoms with van der Waals surface area (Å²) in [4.78, 5) is 11.5. The van der Waals surface area contributed by atoms with E-state index in [9.17, 15) is 4.79 Å². The molecule has 1 rings (SSSR count). The zero-order chi connectivity index (χ0) is 13.2. The molecule has 1 atom stereocenters. The van der Waals surface area contributed by atoms with E-state index < -0.39 is 12.0 Å². The molecule has 0 spiro atoms. The van der Waals surface area contributed by atoms with Gasteiger partial charge in [0.2, 0.25) is 0 Å². The van der Waals surface area contributed by atoms with E-state index in [4.69, 9.17) is 5.73 Å². The van der Waals surface area contributed by atoms with Gasteiger partial charge in [0.15, 0.2) is 0 Å². The number of nitrogens with two attached hydrogens (primary N) is 1. The molecule has 4 nitrogen and oxygen atoms in total. The first-order valence-corrected chi connectivity index (χ1v) is 5.88. The second-order valence-corrected chi connectivity index (χ2v) is 4.83. The van der Waals surface area contributed by atoms with Crippen molar-refractivity contribution in [2.24, 2.45) is 11.7 Å². The molecule has 1 aromatic heterocycles. The number of aromatic nitrogens is 1. The Morgan fingerprint density at radius 1 is 1.47 bits per heavy atom. The van der Waals surface area contributed by atoms with Crippen LogP contribution in [0.15, 0.2) is 6.07 Å². The van der Waals surface area contributed by atoms with E-state index in [1.54, 1.807) is 0 Å². The van der Waals surface area contributed by atoms with Gasteiger partial charge in [-0.25, -0.2) is 0 Å². The molecule has 1 unspecified atom stereocenters. The van der Waals surface area contributed by atoms with Crippen LogP contribution in [0.5, 0.6) is 0 Å². The number of aryl methyl sites for hydroxylation is 1. The molecule has 1 aromatic rings. The fourth-order valence-electron chi connectivity index (χ4n) is 2.04. The summed E-state index contributed by atoms with van der Waals surface area (Å²) in [7, 11) is 1.36. The molecule has 0 saturated carbocycles. The minimum Gasteiger partial charge on any atom is -0.468 e. The third kappa shape index (κ3) is 2.88. The van der Waals surface area contributed by atoms with Crippen molar-refractivity contribution in [1.82, 2.24) is 4.57 Å². The van der Waals surface area contributed by atoms with E-state index >= 15 is 0 Å². The first-order chi connectivity index (χ1) is 7.88. The number of hydrogen-bond donors (Lipinski definition) is 1. The molecule has 2 N–H and O–H groups in total. The minimum absolute atomic E-state index is 0.394. The smallest absolute Gasteiger partial charge is 0.327 e. The van der Waals surface area contributed by atoms with Crippen LogP contribution in [0.1, 0.15) is 36.8 Å². The van der Waals surface area contributed by atoms with Gasteiger partial charge < -0.3 is 15.0 Å². The van der Waals surface area contributed by atoms with Gasteiger partial charge in [0.1, 0.15) is 6.04 Å². The van der Waals surface area contributed by atoms with E-state index in [0.29, 0.717) is 5.92 Å². The molecule has 0 aromatic carbocycles. The van der Waals surface area contributed by atoms with Gasteiger partial charge in [-0.1, -0.05) is 13.8 Å². The summed E-state index contributed by atoms with van der Waals surface area (Å²) in [6, 6.07) is 1.28. The molecule has 0 aliphatic rings. The van der Waals surface area contributed by atoms with Crippen molar-refractivity contribution in [3.8, 4) is 0 Å². The Kier molecular flexibility index (Phi) is 4.34. The molecule has 0 aliphatic carbocycles. The first-order valence-electron chi connectivity index (χ1n) is 5.88. The average Bonchev–Trinajstić information content (AvgIpc) is 2.54. The average molecular weight is 238 g/mol. The van der Waals surface area contributed by atoms with Crippen LogP contribution in [0.2, 0.25) is 0 Å². The van der Waals surface area contributed by atoms with Crippen LogP contribution < -0.4 is 5.73 Å². The molecule has 4 heteroatoms. The Balaban J connectivity index is 3.07. The minimum atomic E-state index is -0.688. The van der Waals surface area contributed by atoms with E-state index in [2.05, 4.69) is 23.2 Å². The molecule has 0 amide bonds. The van der Waals surface area contributed by atoms with Crippen molar-refractivity contribution in [3.63, 3.8) is 0 Å². The van der Waals surface area contributed by atoms with Crippen LogP contribution in [0, 0.1) is 19.8 Å². The number of ether oxygens (including phenoxy) is 1. The summed E-state index contributed by atoms with van der Waals surface area (Å²) in [6.07, 6.45) is 0. The van der Waals surface area contributed by atoms with E-state index in [1.165, 1.54) is 7.11 Å². The van der Waals surface area contributed by atoms with Crippen LogP contribution in [0.4, 0.5) is 0 Å². The predicted molar refractivity (Wildman–Crippen MR) is 67.7 cm³/mol. The number of hydrogen-bond acceptors (Lipinski definition) is 3. The maximum atomic E-state index is 11.5. The Labute approximate surface area is 103 Å². The molecule has 0 saturated heterocycles. The number of carbonyl (C=O) groups excluding carboxylic acids is 1. The number of rotatable bonds is 4. The molecule has 0 radical (unpaired) electrons. The van der Waals surface area contributed by atoms with Crippen LogP contribution in [0.3, 0.4) is 0 Å². The molecular formula is C13H22N2O2. The van der Waals surface area contributed by atoms with Crippen LogP contribution in [-0.2, 0) is 16.1 Å². The Morgan fingerprint density at radius 3 is 2.53 bits per heavy atom. The van der Waals surface area contributed by atoms with Gasteiger partial charge in [-0.05, 0) is 25.8 Å². The van der Waals surface area contributed by atoms with Crippen molar-refractivity contribution in [3.05, 3.63) is 23.0 Å². The van der Waals surface area contributed by atoms with E-state index in [-0.39, 0.29) is 0 Å². The SMILES string of the molecule is COC(=O)C(N)c1cc(C)n(CC(C)C)c1C. The third-order valence-electron chi connectivity index (χ3n) is 2.95. The topological polar surface area (TPSA) is 57.2 Å². The van der Waals surface area contributed by atoms with Crippen LogP contribution in [-0.4, -0.2) is 17.6 Å². The second-order valence-electron chi connectivity index (χ2n) is 4.83. The van der Waals surface area contributed by atoms with Crippen molar-refractivity contribution in [2.45, 2.75) is 40.3 Å². The summed E-state index contributed by atoms with van der Waals surface area (Å²) in [5.41, 5.74) is 8.91. The maximum absolute atomic E-state index is 11.5. The number of carbonyl (C=O) groups is 1. The lowest BCUT2D eigenvalue weighted by atomic mass is 10.1. The van der Waals surface area contributed by atoms with Gasteiger partial charge in [-0.15, -0.1) is 0 Å². The van der Waals surface area contributed by atoms with Gasteiger partial charge in [0.25, 0.3) is 0 Å². The van der Waals surface area contributed by atoms with Crippen molar-refractivity contribution < 1.29 is 9.53 Å². The lowest BCUT2D eigenvalue weighted by molar-refractivity contribution is -0.142. The quantitative estimate of drug-likeness (QED) is 0.815.